The van der Waals surface area contributed by atoms with E-state index in [9.17, 15) is 9.59 Å². The summed E-state index contributed by atoms with van der Waals surface area (Å²) in [7, 11) is 0. The van der Waals surface area contributed by atoms with Crippen molar-refractivity contribution < 1.29 is 14.3 Å². The molecule has 6 nitrogen and oxygen atoms in total. The van der Waals surface area contributed by atoms with Gasteiger partial charge in [-0.15, -0.1) is 0 Å². The van der Waals surface area contributed by atoms with E-state index in [0.29, 0.717) is 29.4 Å². The Morgan fingerprint density at radius 3 is 2.31 bits per heavy atom. The average Bonchev–Trinajstić information content (AvgIpc) is 2.66. The monoisotopic (exact) mass is 417 g/mol. The molecule has 0 aliphatic heterocycles. The highest BCUT2D eigenvalue weighted by molar-refractivity contribution is 6.30. The van der Waals surface area contributed by atoms with Crippen LogP contribution in [0.2, 0.25) is 5.02 Å². The summed E-state index contributed by atoms with van der Waals surface area (Å²) in [5.41, 5.74) is 1.31. The van der Waals surface area contributed by atoms with Crippen LogP contribution in [0.15, 0.2) is 42.6 Å². The van der Waals surface area contributed by atoms with Crippen LogP contribution in [0.25, 0.3) is 0 Å². The molecule has 0 bridgehead atoms. The molecule has 2 rings (SSSR count). The minimum Gasteiger partial charge on any atom is -0.475 e. The zero-order chi connectivity index (χ0) is 21.4. The number of aromatic nitrogens is 1. The van der Waals surface area contributed by atoms with E-state index in [0.717, 1.165) is 5.56 Å². The number of hydrogen-bond acceptors (Lipinski definition) is 4. The minimum absolute atomic E-state index is 0.0501. The Balaban J connectivity index is 1.97. The highest BCUT2D eigenvalue weighted by Crippen LogP contribution is 2.12. The van der Waals surface area contributed by atoms with Gasteiger partial charge in [0.2, 0.25) is 11.8 Å². The Morgan fingerprint density at radius 1 is 1.07 bits per heavy atom. The third-order valence-corrected chi connectivity index (χ3v) is 4.31. The molecule has 0 saturated heterocycles. The summed E-state index contributed by atoms with van der Waals surface area (Å²) in [5, 5.41) is 6.25. The molecular formula is C22H28ClN3O3. The summed E-state index contributed by atoms with van der Waals surface area (Å²) in [6.07, 6.45) is 2.25. The van der Waals surface area contributed by atoms with Crippen LogP contribution in [0.3, 0.4) is 0 Å². The van der Waals surface area contributed by atoms with E-state index in [1.807, 2.05) is 33.8 Å². The highest BCUT2D eigenvalue weighted by atomic mass is 35.5. The lowest BCUT2D eigenvalue weighted by atomic mass is 10.0. The van der Waals surface area contributed by atoms with Gasteiger partial charge in [0.15, 0.2) is 0 Å². The number of amides is 2. The van der Waals surface area contributed by atoms with Crippen molar-refractivity contribution in [2.75, 3.05) is 0 Å². The van der Waals surface area contributed by atoms with Gasteiger partial charge in [-0.05, 0) is 56.0 Å². The van der Waals surface area contributed by atoms with Crippen molar-refractivity contribution in [1.82, 2.24) is 15.6 Å². The number of benzene rings is 1. The van der Waals surface area contributed by atoms with Gasteiger partial charge in [0.25, 0.3) is 5.91 Å². The molecule has 0 fully saturated rings. The van der Waals surface area contributed by atoms with Gasteiger partial charge < -0.3 is 15.4 Å². The van der Waals surface area contributed by atoms with E-state index in [2.05, 4.69) is 15.6 Å². The lowest BCUT2D eigenvalue weighted by Crippen LogP contribution is -2.47. The van der Waals surface area contributed by atoms with E-state index in [-0.39, 0.29) is 23.8 Å². The second kappa shape index (κ2) is 10.8. The Morgan fingerprint density at radius 2 is 1.76 bits per heavy atom. The first kappa shape index (κ1) is 22.7. The van der Waals surface area contributed by atoms with Crippen molar-refractivity contribution >= 4 is 23.4 Å². The molecule has 7 heteroatoms. The standard InChI is InChI=1S/C22H28ClN3O3/c1-14(2)11-19(26-21(27)17-6-8-18(23)9-7-17)22(28)25-13-16-5-10-20(24-12-16)29-15(3)4/h5-10,12,14-15,19H,11,13H2,1-4H3,(H,25,28)(H,26,27). The zero-order valence-corrected chi connectivity index (χ0v) is 18.0. The Hall–Kier alpha value is -2.60. The molecule has 156 valence electrons. The molecular weight excluding hydrogens is 390 g/mol. The van der Waals surface area contributed by atoms with Gasteiger partial charge in [-0.25, -0.2) is 4.98 Å². The minimum atomic E-state index is -0.630. The predicted octanol–water partition coefficient (Wildman–Crippen LogP) is 3.98. The molecule has 1 aromatic carbocycles. The van der Waals surface area contributed by atoms with Gasteiger partial charge in [-0.1, -0.05) is 31.5 Å². The van der Waals surface area contributed by atoms with Crippen molar-refractivity contribution in [3.05, 3.63) is 58.7 Å². The van der Waals surface area contributed by atoms with Crippen LogP contribution in [-0.2, 0) is 11.3 Å². The molecule has 0 radical (unpaired) electrons. The fraction of sp³-hybridized carbons (Fsp3) is 0.409. The second-order valence-electron chi connectivity index (χ2n) is 7.55. The normalized spacial score (nSPS) is 12.0. The van der Waals surface area contributed by atoms with Crippen LogP contribution in [-0.4, -0.2) is 28.9 Å². The lowest BCUT2D eigenvalue weighted by Gasteiger charge is -2.20. The Bertz CT molecular complexity index is 805. The van der Waals surface area contributed by atoms with Crippen LogP contribution < -0.4 is 15.4 Å². The van der Waals surface area contributed by atoms with Crippen LogP contribution in [0.5, 0.6) is 5.88 Å². The largest absolute Gasteiger partial charge is 0.475 e. The molecule has 0 aliphatic rings. The number of carbonyl (C=O) groups is 2. The first-order valence-corrected chi connectivity index (χ1v) is 10.1. The first-order valence-electron chi connectivity index (χ1n) is 9.70. The molecule has 1 unspecified atom stereocenters. The lowest BCUT2D eigenvalue weighted by molar-refractivity contribution is -0.123. The maximum absolute atomic E-state index is 12.7. The average molecular weight is 418 g/mol. The quantitative estimate of drug-likeness (QED) is 0.646. The molecule has 2 N–H and O–H groups in total. The molecule has 0 spiro atoms. The van der Waals surface area contributed by atoms with E-state index in [1.54, 1.807) is 36.5 Å². The third-order valence-electron chi connectivity index (χ3n) is 4.06. The smallest absolute Gasteiger partial charge is 0.251 e. The van der Waals surface area contributed by atoms with Crippen LogP contribution >= 0.6 is 11.6 Å². The van der Waals surface area contributed by atoms with Crippen LogP contribution in [0, 0.1) is 5.92 Å². The number of pyridine rings is 1. The van der Waals surface area contributed by atoms with E-state index >= 15 is 0 Å². The number of halogens is 1. The van der Waals surface area contributed by atoms with Crippen molar-refractivity contribution in [3.8, 4) is 5.88 Å². The fourth-order valence-electron chi connectivity index (χ4n) is 2.68. The molecule has 1 aromatic heterocycles. The van der Waals surface area contributed by atoms with Crippen LogP contribution in [0.4, 0.5) is 0 Å². The molecule has 2 amide bonds. The Kier molecular flexibility index (Phi) is 8.46. The summed E-state index contributed by atoms with van der Waals surface area (Å²) in [4.78, 5) is 29.4. The van der Waals surface area contributed by atoms with Gasteiger partial charge in [0.1, 0.15) is 6.04 Å². The highest BCUT2D eigenvalue weighted by Gasteiger charge is 2.22. The van der Waals surface area contributed by atoms with Crippen molar-refractivity contribution in [2.45, 2.75) is 52.8 Å². The summed E-state index contributed by atoms with van der Waals surface area (Å²) in [6, 6.07) is 9.56. The third kappa shape index (κ3) is 7.74. The SMILES string of the molecule is CC(C)CC(NC(=O)c1ccc(Cl)cc1)C(=O)NCc1ccc(OC(C)C)nc1. The Labute approximate surface area is 177 Å². The summed E-state index contributed by atoms with van der Waals surface area (Å²) < 4.78 is 5.52. The summed E-state index contributed by atoms with van der Waals surface area (Å²) >= 11 is 5.87. The number of nitrogens with zero attached hydrogens (tertiary/aromatic N) is 1. The topological polar surface area (TPSA) is 80.3 Å². The van der Waals surface area contributed by atoms with Crippen molar-refractivity contribution in [2.24, 2.45) is 5.92 Å². The zero-order valence-electron chi connectivity index (χ0n) is 17.2. The first-order chi connectivity index (χ1) is 13.7. The number of carbonyl (C=O) groups excluding carboxylic acids is 2. The maximum Gasteiger partial charge on any atom is 0.251 e. The van der Waals surface area contributed by atoms with Crippen molar-refractivity contribution in [1.29, 1.82) is 0 Å². The second-order valence-corrected chi connectivity index (χ2v) is 7.99. The van der Waals surface area contributed by atoms with E-state index < -0.39 is 6.04 Å². The van der Waals surface area contributed by atoms with Gasteiger partial charge >= 0.3 is 0 Å². The van der Waals surface area contributed by atoms with Gasteiger partial charge in [0, 0.05) is 29.4 Å². The maximum atomic E-state index is 12.7. The molecule has 0 aliphatic carbocycles. The molecule has 2 aromatic rings. The molecule has 0 saturated carbocycles. The number of ether oxygens (including phenoxy) is 1. The molecule has 1 heterocycles. The van der Waals surface area contributed by atoms with E-state index in [4.69, 9.17) is 16.3 Å². The van der Waals surface area contributed by atoms with Gasteiger partial charge in [-0.3, -0.25) is 9.59 Å². The predicted molar refractivity (Wildman–Crippen MR) is 114 cm³/mol. The molecule has 1 atom stereocenters. The van der Waals surface area contributed by atoms with Crippen molar-refractivity contribution in [3.63, 3.8) is 0 Å². The van der Waals surface area contributed by atoms with Gasteiger partial charge in [0.05, 0.1) is 6.10 Å². The summed E-state index contributed by atoms with van der Waals surface area (Å²) in [6.45, 7) is 8.20. The van der Waals surface area contributed by atoms with Crippen LogP contribution in [0.1, 0.15) is 50.0 Å². The number of rotatable bonds is 9. The number of nitrogens with one attached hydrogen (secondary N) is 2. The summed E-state index contributed by atoms with van der Waals surface area (Å²) in [5.74, 6) is 0.247. The fourth-order valence-corrected chi connectivity index (χ4v) is 2.81. The van der Waals surface area contributed by atoms with Gasteiger partial charge in [-0.2, -0.15) is 0 Å². The number of hydrogen-bond donors (Lipinski definition) is 2. The van der Waals surface area contributed by atoms with E-state index in [1.165, 1.54) is 0 Å². The molecule has 29 heavy (non-hydrogen) atoms.